The lowest BCUT2D eigenvalue weighted by molar-refractivity contribution is 0.0246. The van der Waals surface area contributed by atoms with Crippen LogP contribution in [0.25, 0.3) is 0 Å². The quantitative estimate of drug-likeness (QED) is 0.633. The highest BCUT2D eigenvalue weighted by Crippen LogP contribution is 2.69. The standard InChI is InChI=1S/C15H24FN/c1-9(2)14-10(3)11-7-12(11)15(14)5-6-17(4)8-13(15)16/h9,11-13H,5-8H2,1-4H3/t11?,12?,13-,15+/m1/s1. The van der Waals surface area contributed by atoms with Crippen LogP contribution >= 0.6 is 0 Å². The topological polar surface area (TPSA) is 3.24 Å². The van der Waals surface area contributed by atoms with E-state index in [-0.39, 0.29) is 5.41 Å². The molecule has 1 aliphatic heterocycles. The second kappa shape index (κ2) is 3.57. The van der Waals surface area contributed by atoms with Gasteiger partial charge < -0.3 is 4.90 Å². The average molecular weight is 237 g/mol. The number of nitrogens with zero attached hydrogens (tertiary/aromatic N) is 1. The van der Waals surface area contributed by atoms with Crippen LogP contribution < -0.4 is 0 Å². The molecule has 0 bridgehead atoms. The maximum absolute atomic E-state index is 14.8. The van der Waals surface area contributed by atoms with Crippen molar-refractivity contribution in [3.8, 4) is 0 Å². The molecule has 2 unspecified atom stereocenters. The Kier molecular flexibility index (Phi) is 2.46. The fourth-order valence-electron chi connectivity index (χ4n) is 4.78. The number of allylic oxidation sites excluding steroid dienone is 2. The van der Waals surface area contributed by atoms with Gasteiger partial charge >= 0.3 is 0 Å². The molecule has 2 aliphatic carbocycles. The first-order valence-electron chi connectivity index (χ1n) is 7.02. The van der Waals surface area contributed by atoms with Crippen molar-refractivity contribution < 1.29 is 4.39 Å². The van der Waals surface area contributed by atoms with Crippen LogP contribution in [0.4, 0.5) is 4.39 Å². The number of likely N-dealkylation sites (tertiary alicyclic amines) is 1. The Balaban J connectivity index is 2.01. The monoisotopic (exact) mass is 237 g/mol. The predicted molar refractivity (Wildman–Crippen MR) is 68.6 cm³/mol. The number of hydrogen-bond acceptors (Lipinski definition) is 1. The lowest BCUT2D eigenvalue weighted by Gasteiger charge is -2.45. The number of fused-ring (bicyclic) bond motifs is 2. The van der Waals surface area contributed by atoms with Gasteiger partial charge in [0.2, 0.25) is 0 Å². The molecule has 0 N–H and O–H groups in total. The summed E-state index contributed by atoms with van der Waals surface area (Å²) in [5.74, 6) is 1.89. The van der Waals surface area contributed by atoms with Crippen LogP contribution in [0.5, 0.6) is 0 Å². The Morgan fingerprint density at radius 3 is 2.71 bits per heavy atom. The molecule has 1 nitrogen and oxygen atoms in total. The molecular formula is C15H24FN. The first-order valence-corrected chi connectivity index (χ1v) is 7.02. The molecule has 2 fully saturated rings. The Labute approximate surface area is 104 Å². The van der Waals surface area contributed by atoms with E-state index in [1.54, 1.807) is 0 Å². The number of rotatable bonds is 1. The minimum absolute atomic E-state index is 0.0740. The molecular weight excluding hydrogens is 213 g/mol. The van der Waals surface area contributed by atoms with Gasteiger partial charge in [-0.3, -0.25) is 0 Å². The van der Waals surface area contributed by atoms with Crippen LogP contribution in [0.2, 0.25) is 0 Å². The van der Waals surface area contributed by atoms with Crippen LogP contribution in [0.1, 0.15) is 33.6 Å². The largest absolute Gasteiger partial charge is 0.303 e. The van der Waals surface area contributed by atoms with Gasteiger partial charge in [0.15, 0.2) is 0 Å². The molecule has 0 aromatic carbocycles. The summed E-state index contributed by atoms with van der Waals surface area (Å²) in [6.07, 6.45) is 1.65. The highest BCUT2D eigenvalue weighted by atomic mass is 19.1. The van der Waals surface area contributed by atoms with Gasteiger partial charge in [-0.25, -0.2) is 4.39 Å². The van der Waals surface area contributed by atoms with E-state index in [1.807, 2.05) is 7.05 Å². The minimum atomic E-state index is -0.647. The lowest BCUT2D eigenvalue weighted by atomic mass is 9.66. The van der Waals surface area contributed by atoms with Crippen LogP contribution in [-0.4, -0.2) is 31.2 Å². The van der Waals surface area contributed by atoms with Crippen molar-refractivity contribution >= 4 is 0 Å². The van der Waals surface area contributed by atoms with Gasteiger partial charge in [-0.2, -0.15) is 0 Å². The molecule has 3 aliphatic rings. The van der Waals surface area contributed by atoms with E-state index in [1.165, 1.54) is 17.6 Å². The van der Waals surface area contributed by atoms with Gasteiger partial charge in [0.25, 0.3) is 0 Å². The number of alkyl halides is 1. The van der Waals surface area contributed by atoms with Crippen molar-refractivity contribution in [2.24, 2.45) is 23.2 Å². The molecule has 4 atom stereocenters. The van der Waals surface area contributed by atoms with Crippen LogP contribution in [-0.2, 0) is 0 Å². The van der Waals surface area contributed by atoms with E-state index in [2.05, 4.69) is 25.7 Å². The van der Waals surface area contributed by atoms with Gasteiger partial charge in [0.1, 0.15) is 6.17 Å². The van der Waals surface area contributed by atoms with Crippen molar-refractivity contribution in [1.29, 1.82) is 0 Å². The number of hydrogen-bond donors (Lipinski definition) is 0. The lowest BCUT2D eigenvalue weighted by Crippen LogP contribution is -2.49. The molecule has 2 heteroatoms. The molecule has 96 valence electrons. The Hall–Kier alpha value is -0.370. The van der Waals surface area contributed by atoms with Gasteiger partial charge in [0.05, 0.1) is 0 Å². The van der Waals surface area contributed by atoms with Gasteiger partial charge in [-0.05, 0) is 51.1 Å². The van der Waals surface area contributed by atoms with Crippen LogP contribution in [0.3, 0.4) is 0 Å². The van der Waals surface area contributed by atoms with E-state index in [4.69, 9.17) is 0 Å². The number of halogens is 1. The zero-order valence-corrected chi connectivity index (χ0v) is 11.5. The normalized spacial score (nSPS) is 45.9. The summed E-state index contributed by atoms with van der Waals surface area (Å²) in [4.78, 5) is 2.15. The van der Waals surface area contributed by atoms with Crippen molar-refractivity contribution in [3.63, 3.8) is 0 Å². The first-order chi connectivity index (χ1) is 7.98. The molecule has 1 heterocycles. The fourth-order valence-corrected chi connectivity index (χ4v) is 4.78. The maximum Gasteiger partial charge on any atom is 0.122 e. The van der Waals surface area contributed by atoms with E-state index in [0.717, 1.165) is 18.9 Å². The van der Waals surface area contributed by atoms with Crippen molar-refractivity contribution in [3.05, 3.63) is 11.1 Å². The molecule has 3 rings (SSSR count). The molecule has 1 saturated carbocycles. The highest BCUT2D eigenvalue weighted by Gasteiger charge is 2.65. The summed E-state index contributed by atoms with van der Waals surface area (Å²) in [7, 11) is 2.05. The van der Waals surface area contributed by atoms with Crippen molar-refractivity contribution in [1.82, 2.24) is 4.90 Å². The summed E-state index contributed by atoms with van der Waals surface area (Å²) < 4.78 is 14.8. The molecule has 17 heavy (non-hydrogen) atoms. The second-order valence-electron chi connectivity index (χ2n) is 6.72. The third-order valence-electron chi connectivity index (χ3n) is 5.45. The van der Waals surface area contributed by atoms with Gasteiger partial charge in [0, 0.05) is 12.0 Å². The molecule has 0 radical (unpaired) electrons. The first kappa shape index (κ1) is 11.7. The Bertz CT molecular complexity index is 373. The van der Waals surface area contributed by atoms with E-state index >= 15 is 0 Å². The zero-order valence-electron chi connectivity index (χ0n) is 11.5. The van der Waals surface area contributed by atoms with Gasteiger partial charge in [-0.15, -0.1) is 0 Å². The average Bonchev–Trinajstić information content (AvgIpc) is 2.97. The van der Waals surface area contributed by atoms with E-state index in [0.29, 0.717) is 18.4 Å². The van der Waals surface area contributed by atoms with E-state index in [9.17, 15) is 4.39 Å². The summed E-state index contributed by atoms with van der Waals surface area (Å²) in [5.41, 5.74) is 2.95. The smallest absolute Gasteiger partial charge is 0.122 e. The Morgan fingerprint density at radius 2 is 2.12 bits per heavy atom. The maximum atomic E-state index is 14.8. The van der Waals surface area contributed by atoms with Crippen LogP contribution in [0, 0.1) is 23.2 Å². The summed E-state index contributed by atoms with van der Waals surface area (Å²) in [6.45, 7) is 8.45. The summed E-state index contributed by atoms with van der Waals surface area (Å²) in [6, 6.07) is 0. The summed E-state index contributed by atoms with van der Waals surface area (Å²) >= 11 is 0. The third-order valence-corrected chi connectivity index (χ3v) is 5.45. The third kappa shape index (κ3) is 1.39. The summed E-state index contributed by atoms with van der Waals surface area (Å²) in [5, 5.41) is 0. The predicted octanol–water partition coefficient (Wildman–Crippen LogP) is 3.27. The molecule has 0 aromatic rings. The number of piperidine rings is 1. The van der Waals surface area contributed by atoms with Gasteiger partial charge in [-0.1, -0.05) is 25.0 Å². The SMILES string of the molecule is CC1=C(C(C)C)[C@@]2(CCN(C)C[C@H]2F)C2CC12. The zero-order chi connectivity index (χ0) is 12.4. The highest BCUT2D eigenvalue weighted by molar-refractivity contribution is 5.41. The van der Waals surface area contributed by atoms with Crippen LogP contribution in [0.15, 0.2) is 11.1 Å². The molecule has 0 amide bonds. The Morgan fingerprint density at radius 1 is 1.41 bits per heavy atom. The fraction of sp³-hybridized carbons (Fsp3) is 0.867. The van der Waals surface area contributed by atoms with Crippen molar-refractivity contribution in [2.75, 3.05) is 20.1 Å². The molecule has 1 spiro atoms. The second-order valence-corrected chi connectivity index (χ2v) is 6.72. The minimum Gasteiger partial charge on any atom is -0.303 e. The molecule has 0 aromatic heterocycles. The van der Waals surface area contributed by atoms with Crippen molar-refractivity contribution in [2.45, 2.75) is 39.8 Å². The van der Waals surface area contributed by atoms with E-state index < -0.39 is 6.17 Å². The molecule has 1 saturated heterocycles.